The molecule has 0 aromatic carbocycles. The Morgan fingerprint density at radius 1 is 1.41 bits per heavy atom. The van der Waals surface area contributed by atoms with Crippen LogP contribution in [0, 0.1) is 0 Å². The third-order valence-electron chi connectivity index (χ3n) is 3.47. The molecule has 2 aromatic heterocycles. The summed E-state index contributed by atoms with van der Waals surface area (Å²) in [6, 6.07) is 6.02. The summed E-state index contributed by atoms with van der Waals surface area (Å²) in [4.78, 5) is 15.2. The lowest BCUT2D eigenvalue weighted by atomic mass is 10.1. The second-order valence-corrected chi connectivity index (χ2v) is 6.48. The maximum absolute atomic E-state index is 11.0. The number of carboxylic acids is 1. The van der Waals surface area contributed by atoms with Crippen molar-refractivity contribution in [1.29, 1.82) is 0 Å². The van der Waals surface area contributed by atoms with E-state index < -0.39 is 5.97 Å². The van der Waals surface area contributed by atoms with Crippen LogP contribution < -0.4 is 0 Å². The highest BCUT2D eigenvalue weighted by Crippen LogP contribution is 2.23. The van der Waals surface area contributed by atoms with Crippen LogP contribution in [0.3, 0.4) is 0 Å². The molecular formula is C18H22N2O2. The van der Waals surface area contributed by atoms with Gasteiger partial charge in [-0.3, -0.25) is 4.98 Å². The largest absolute Gasteiger partial charge is 0.478 e. The first kappa shape index (κ1) is 16.0. The van der Waals surface area contributed by atoms with Gasteiger partial charge in [0.15, 0.2) is 0 Å². The molecule has 0 fully saturated rings. The monoisotopic (exact) mass is 298 g/mol. The molecule has 0 aliphatic carbocycles. The predicted octanol–water partition coefficient (Wildman–Crippen LogP) is 3.72. The fraction of sp³-hybridized carbons (Fsp3) is 0.333. The highest BCUT2D eigenvalue weighted by molar-refractivity contribution is 5.91. The fourth-order valence-electron chi connectivity index (χ4n) is 2.39. The predicted molar refractivity (Wildman–Crippen MR) is 87.8 cm³/mol. The number of rotatable bonds is 4. The van der Waals surface area contributed by atoms with E-state index in [0.29, 0.717) is 5.57 Å². The molecule has 2 rings (SSSR count). The number of carboxylic acid groups (broad SMARTS) is 1. The lowest BCUT2D eigenvalue weighted by Crippen LogP contribution is -2.23. The minimum atomic E-state index is -0.891. The van der Waals surface area contributed by atoms with Gasteiger partial charge in [0, 0.05) is 41.8 Å². The molecule has 0 radical (unpaired) electrons. The maximum atomic E-state index is 11.0. The highest BCUT2D eigenvalue weighted by Gasteiger charge is 2.18. The summed E-state index contributed by atoms with van der Waals surface area (Å²) in [5, 5.41) is 9.03. The first-order valence-corrected chi connectivity index (χ1v) is 7.29. The molecular weight excluding hydrogens is 276 g/mol. The molecule has 0 aliphatic rings. The fourth-order valence-corrected chi connectivity index (χ4v) is 2.39. The van der Waals surface area contributed by atoms with Gasteiger partial charge in [0.1, 0.15) is 0 Å². The van der Waals surface area contributed by atoms with Crippen LogP contribution in [0.5, 0.6) is 0 Å². The molecule has 0 atom stereocenters. The highest BCUT2D eigenvalue weighted by atomic mass is 16.4. The molecule has 0 aliphatic heterocycles. The van der Waals surface area contributed by atoms with Crippen molar-refractivity contribution in [2.24, 2.45) is 0 Å². The first-order chi connectivity index (χ1) is 10.3. The quantitative estimate of drug-likeness (QED) is 0.875. The van der Waals surface area contributed by atoms with Gasteiger partial charge in [0.25, 0.3) is 0 Å². The summed E-state index contributed by atoms with van der Waals surface area (Å²) in [5.74, 6) is -0.891. The third-order valence-corrected chi connectivity index (χ3v) is 3.47. The van der Waals surface area contributed by atoms with Crippen molar-refractivity contribution < 1.29 is 9.90 Å². The number of hydrogen-bond donors (Lipinski definition) is 1. The molecule has 2 heterocycles. The van der Waals surface area contributed by atoms with E-state index in [2.05, 4.69) is 30.3 Å². The molecule has 0 spiro atoms. The molecule has 0 bridgehead atoms. The number of nitrogens with zero attached hydrogens (tertiary/aromatic N) is 2. The summed E-state index contributed by atoms with van der Waals surface area (Å²) in [5.41, 5.74) is 3.45. The van der Waals surface area contributed by atoms with Crippen molar-refractivity contribution in [3.63, 3.8) is 0 Å². The lowest BCUT2D eigenvalue weighted by molar-refractivity contribution is -0.132. The Bertz CT molecular complexity index is 692. The molecule has 4 nitrogen and oxygen atoms in total. The Labute approximate surface area is 131 Å². The first-order valence-electron chi connectivity index (χ1n) is 7.29. The lowest BCUT2D eigenvalue weighted by Gasteiger charge is -2.24. The molecule has 116 valence electrons. The third kappa shape index (κ3) is 3.85. The van der Waals surface area contributed by atoms with Gasteiger partial charge in [-0.1, -0.05) is 6.07 Å². The van der Waals surface area contributed by atoms with E-state index in [1.165, 1.54) is 0 Å². The van der Waals surface area contributed by atoms with E-state index in [1.807, 2.05) is 30.6 Å². The summed E-state index contributed by atoms with van der Waals surface area (Å²) < 4.78 is 2.20. The second-order valence-electron chi connectivity index (χ2n) is 6.48. The molecule has 2 aromatic rings. The Hall–Kier alpha value is -2.36. The molecule has 0 unspecified atom stereocenters. The zero-order valence-corrected chi connectivity index (χ0v) is 13.5. The SMILES string of the molecule is C/C(=C/c1cc(Cc2cccnc2)n(C(C)(C)C)c1)C(=O)O. The number of aliphatic carboxylic acids is 1. The van der Waals surface area contributed by atoms with Crippen molar-refractivity contribution in [2.45, 2.75) is 39.7 Å². The summed E-state index contributed by atoms with van der Waals surface area (Å²) in [7, 11) is 0. The number of aromatic nitrogens is 2. The Morgan fingerprint density at radius 2 is 2.14 bits per heavy atom. The van der Waals surface area contributed by atoms with Crippen LogP contribution in [-0.4, -0.2) is 20.6 Å². The number of pyridine rings is 1. The normalized spacial score (nSPS) is 12.5. The maximum Gasteiger partial charge on any atom is 0.331 e. The van der Waals surface area contributed by atoms with E-state index in [4.69, 9.17) is 5.11 Å². The zero-order chi connectivity index (χ0) is 16.3. The van der Waals surface area contributed by atoms with Crippen molar-refractivity contribution >= 4 is 12.0 Å². The van der Waals surface area contributed by atoms with Gasteiger partial charge in [-0.2, -0.15) is 0 Å². The molecule has 4 heteroatoms. The van der Waals surface area contributed by atoms with Crippen LogP contribution in [0.25, 0.3) is 6.08 Å². The van der Waals surface area contributed by atoms with Gasteiger partial charge < -0.3 is 9.67 Å². The standard InChI is InChI=1S/C18H22N2O2/c1-13(17(21)22)8-15-10-16(20(12-15)18(2,3)4)9-14-6-5-7-19-11-14/h5-8,10-12H,9H2,1-4H3,(H,21,22)/b13-8-. The molecule has 0 saturated heterocycles. The van der Waals surface area contributed by atoms with Crippen LogP contribution in [0.1, 0.15) is 44.5 Å². The van der Waals surface area contributed by atoms with E-state index in [9.17, 15) is 4.79 Å². The smallest absolute Gasteiger partial charge is 0.331 e. The van der Waals surface area contributed by atoms with Crippen molar-refractivity contribution in [2.75, 3.05) is 0 Å². The van der Waals surface area contributed by atoms with E-state index in [1.54, 1.807) is 19.2 Å². The number of carbonyl (C=O) groups is 1. The van der Waals surface area contributed by atoms with Gasteiger partial charge in [-0.15, -0.1) is 0 Å². The van der Waals surface area contributed by atoms with Crippen LogP contribution in [0.2, 0.25) is 0 Å². The van der Waals surface area contributed by atoms with Crippen LogP contribution >= 0.6 is 0 Å². The van der Waals surface area contributed by atoms with Crippen molar-refractivity contribution in [3.05, 3.63) is 59.2 Å². The minimum Gasteiger partial charge on any atom is -0.478 e. The van der Waals surface area contributed by atoms with Crippen LogP contribution in [-0.2, 0) is 16.8 Å². The molecule has 1 N–H and O–H groups in total. The van der Waals surface area contributed by atoms with E-state index >= 15 is 0 Å². The second kappa shape index (κ2) is 6.18. The Morgan fingerprint density at radius 3 is 2.68 bits per heavy atom. The minimum absolute atomic E-state index is 0.0687. The average Bonchev–Trinajstić information content (AvgIpc) is 2.82. The van der Waals surface area contributed by atoms with E-state index in [0.717, 1.165) is 23.2 Å². The summed E-state index contributed by atoms with van der Waals surface area (Å²) in [6.45, 7) is 8.02. The van der Waals surface area contributed by atoms with E-state index in [-0.39, 0.29) is 5.54 Å². The Balaban J connectivity index is 2.41. The van der Waals surface area contributed by atoms with Crippen molar-refractivity contribution in [3.8, 4) is 0 Å². The van der Waals surface area contributed by atoms with Gasteiger partial charge in [0.05, 0.1) is 0 Å². The van der Waals surface area contributed by atoms with Crippen LogP contribution in [0.4, 0.5) is 0 Å². The number of hydrogen-bond acceptors (Lipinski definition) is 2. The topological polar surface area (TPSA) is 55.1 Å². The summed E-state index contributed by atoms with van der Waals surface area (Å²) >= 11 is 0. The summed E-state index contributed by atoms with van der Waals surface area (Å²) in [6.07, 6.45) is 8.11. The average molecular weight is 298 g/mol. The van der Waals surface area contributed by atoms with Crippen molar-refractivity contribution in [1.82, 2.24) is 9.55 Å². The Kier molecular flexibility index (Phi) is 4.50. The molecule has 22 heavy (non-hydrogen) atoms. The zero-order valence-electron chi connectivity index (χ0n) is 13.5. The van der Waals surface area contributed by atoms with Crippen LogP contribution in [0.15, 0.2) is 42.4 Å². The van der Waals surface area contributed by atoms with Gasteiger partial charge >= 0.3 is 5.97 Å². The van der Waals surface area contributed by atoms with Gasteiger partial charge in [-0.25, -0.2) is 4.79 Å². The molecule has 0 saturated carbocycles. The molecule has 0 amide bonds. The van der Waals surface area contributed by atoms with Gasteiger partial charge in [-0.05, 0) is 57.0 Å². The van der Waals surface area contributed by atoms with Gasteiger partial charge in [0.2, 0.25) is 0 Å².